The quantitative estimate of drug-likeness (QED) is 0.0155. The zero-order chi connectivity index (χ0) is 90.2. The van der Waals surface area contributed by atoms with Crippen LogP contribution >= 0.6 is 7.82 Å². The molecule has 0 aromatic carbocycles. The van der Waals surface area contributed by atoms with Crippen molar-refractivity contribution in [2.24, 2.45) is 0 Å². The van der Waals surface area contributed by atoms with Gasteiger partial charge in [-0.2, -0.15) is 0 Å². The monoisotopic (exact) mass is 1810 g/mol. The van der Waals surface area contributed by atoms with E-state index in [4.69, 9.17) is 75.4 Å². The molecule has 0 aromatic heterocycles. The van der Waals surface area contributed by atoms with Crippen molar-refractivity contribution in [3.05, 3.63) is 0 Å². The number of esters is 2. The number of hydrogen-bond donors (Lipinski definition) is 24. The molecule has 16 unspecified atom stereocenters. The fraction of sp³-hybridized carbons (Fsp3) is 0.975. The molecule has 722 valence electrons. The highest BCUT2D eigenvalue weighted by molar-refractivity contribution is 7.47. The summed E-state index contributed by atoms with van der Waals surface area (Å²) in [6.07, 6.45) is -47.5. The third kappa shape index (κ3) is 32.5. The molecule has 6 saturated heterocycles. The first-order valence-electron chi connectivity index (χ1n) is 43.9. The molecule has 6 heterocycles. The second kappa shape index (κ2) is 55.2. The van der Waals surface area contributed by atoms with Crippen LogP contribution in [0.15, 0.2) is 0 Å². The van der Waals surface area contributed by atoms with Gasteiger partial charge in [-0.05, 0) is 12.8 Å². The highest BCUT2D eigenvalue weighted by Crippen LogP contribution is 2.49. The van der Waals surface area contributed by atoms with E-state index in [0.717, 1.165) is 70.6 Å². The van der Waals surface area contributed by atoms with Crippen LogP contribution in [0.3, 0.4) is 0 Å². The van der Waals surface area contributed by atoms with Crippen molar-refractivity contribution in [3.8, 4) is 0 Å². The molecular weight excluding hydrogens is 1670 g/mol. The van der Waals surface area contributed by atoms with Gasteiger partial charge in [0, 0.05) is 12.8 Å². The molecule has 1 saturated carbocycles. The summed E-state index contributed by atoms with van der Waals surface area (Å²) in [5.41, 5.74) is 0. The van der Waals surface area contributed by atoms with E-state index in [1.807, 2.05) is 0 Å². The predicted molar refractivity (Wildman–Crippen MR) is 417 cm³/mol. The van der Waals surface area contributed by atoms with Crippen LogP contribution in [0.1, 0.15) is 206 Å². The number of aliphatic hydroxyl groups is 23. The summed E-state index contributed by atoms with van der Waals surface area (Å²) in [7, 11) is -5.88. The first kappa shape index (κ1) is 108. The van der Waals surface area contributed by atoms with Crippen LogP contribution in [-0.4, -0.2) is 414 Å². The van der Waals surface area contributed by atoms with E-state index in [2.05, 4.69) is 13.8 Å². The molecule has 0 spiro atoms. The van der Waals surface area contributed by atoms with E-state index in [-0.39, 0.29) is 12.8 Å². The molecule has 0 aromatic rings. The van der Waals surface area contributed by atoms with Gasteiger partial charge >= 0.3 is 19.8 Å². The fourth-order valence-electron chi connectivity index (χ4n) is 15.7. The zero-order valence-corrected chi connectivity index (χ0v) is 71.1. The Hall–Kier alpha value is -2.35. The maximum Gasteiger partial charge on any atom is 0.472 e. The number of hydrogen-bond acceptors (Lipinski definition) is 42. The van der Waals surface area contributed by atoms with Crippen molar-refractivity contribution >= 4 is 19.8 Å². The molecule has 24 N–H and O–H groups in total. The lowest BCUT2D eigenvalue weighted by molar-refractivity contribution is -0.365. The lowest BCUT2D eigenvalue weighted by Gasteiger charge is -2.49. The molecular formula is C79H143O43P. The largest absolute Gasteiger partial charge is 0.472 e. The average molecular weight is 1810 g/mol. The van der Waals surface area contributed by atoms with E-state index in [0.29, 0.717) is 19.3 Å². The molecule has 0 bridgehead atoms. The van der Waals surface area contributed by atoms with E-state index >= 15 is 0 Å². The van der Waals surface area contributed by atoms with Gasteiger partial charge in [-0.25, -0.2) is 4.57 Å². The average Bonchev–Trinajstić information content (AvgIpc) is 0.757. The minimum absolute atomic E-state index is 0.0269. The van der Waals surface area contributed by atoms with Crippen molar-refractivity contribution in [2.75, 3.05) is 52.9 Å². The summed E-state index contributed by atoms with van der Waals surface area (Å²) in [6, 6.07) is 0. The van der Waals surface area contributed by atoms with Crippen LogP contribution in [0, 0.1) is 0 Å². The molecule has 44 heteroatoms. The van der Waals surface area contributed by atoms with Crippen molar-refractivity contribution in [1.82, 2.24) is 0 Å². The summed E-state index contributed by atoms with van der Waals surface area (Å²) in [5, 5.41) is 250. The number of rotatable bonds is 56. The van der Waals surface area contributed by atoms with Gasteiger partial charge in [-0.15, -0.1) is 0 Å². The number of phosphoric acid groups is 1. The van der Waals surface area contributed by atoms with Gasteiger partial charge in [-0.3, -0.25) is 18.6 Å². The van der Waals surface area contributed by atoms with Crippen LogP contribution in [0.25, 0.3) is 0 Å². The maximum absolute atomic E-state index is 14.5. The summed E-state index contributed by atoms with van der Waals surface area (Å²) >= 11 is 0. The number of ether oxygens (including phenoxy) is 14. The topological polar surface area (TPSA) is 684 Å². The van der Waals surface area contributed by atoms with E-state index in [9.17, 15) is 136 Å². The summed E-state index contributed by atoms with van der Waals surface area (Å²) in [5.74, 6) is -1.49. The van der Waals surface area contributed by atoms with Gasteiger partial charge in [0.1, 0.15) is 190 Å². The van der Waals surface area contributed by atoms with E-state index < -0.39 is 300 Å². The Kier molecular flexibility index (Phi) is 48.3. The molecule has 6 aliphatic heterocycles. The maximum atomic E-state index is 14.5. The lowest BCUT2D eigenvalue weighted by atomic mass is 9.84. The summed E-state index contributed by atoms with van der Waals surface area (Å²) in [6.45, 7) is -2.89. The highest BCUT2D eigenvalue weighted by Gasteiger charge is 2.60. The summed E-state index contributed by atoms with van der Waals surface area (Å²) in [4.78, 5) is 38.4. The van der Waals surface area contributed by atoms with Gasteiger partial charge in [0.25, 0.3) is 0 Å². The highest BCUT2D eigenvalue weighted by atomic mass is 31.2. The SMILES string of the molecule is CCCCCCCCCCCCCCCCCC(=O)OC[C@H](COP(=O)(O)O[C@@H]1C(O[C@@H]2OC(CO[C@@H]3OC(CO[C@@H]4OC(CO[C@@H]5OC(CO[C@@H]6OC(CO)[C@H](O)C(O)[C@@H]6O)[C@H](O)C(O)[C@@H]5O)[C@H](O)C(O)[C@@H]4O)[C@H](O)C(O)[C@@H]3O)[C@H](O)C(O)[C@@H]2O)C(O)[C@@H](O)C(O)[C@H]1O[C@H]1OC(CO)[C@@H](O)C(O)[C@H]1O)OC(=O)CCCCCCCCCCCCCCC. The first-order valence-corrected chi connectivity index (χ1v) is 45.4. The number of unbranched alkanes of at least 4 members (excludes halogenated alkanes) is 26. The van der Waals surface area contributed by atoms with Crippen LogP contribution in [0.2, 0.25) is 0 Å². The second-order valence-corrected chi connectivity index (χ2v) is 34.7. The molecule has 43 nitrogen and oxygen atoms in total. The molecule has 7 rings (SSSR count). The van der Waals surface area contributed by atoms with Gasteiger partial charge in [0.2, 0.25) is 0 Å². The Morgan fingerprint density at radius 2 is 0.537 bits per heavy atom. The normalized spacial score (nSPS) is 39.6. The zero-order valence-electron chi connectivity index (χ0n) is 70.2. The second-order valence-electron chi connectivity index (χ2n) is 33.3. The number of carbonyl (C=O) groups excluding carboxylic acids is 2. The third-order valence-electron chi connectivity index (χ3n) is 23.5. The Labute approximate surface area is 715 Å². The molecule has 1 aliphatic carbocycles. The van der Waals surface area contributed by atoms with Crippen LogP contribution in [-0.2, 0) is 89.5 Å². The van der Waals surface area contributed by atoms with Gasteiger partial charge in [0.05, 0.1) is 46.2 Å². The minimum atomic E-state index is -5.88. The molecule has 7 aliphatic rings. The van der Waals surface area contributed by atoms with Crippen LogP contribution < -0.4 is 0 Å². The van der Waals surface area contributed by atoms with Crippen molar-refractivity contribution in [3.63, 3.8) is 0 Å². The Bertz CT molecular complexity index is 2930. The standard InChI is InChI=1S/C79H143O43P/c1-3-5-7-9-11-13-15-17-18-20-21-23-25-27-29-31-48(82)107-35-41(113-49(83)32-30-28-26-24-22-19-16-14-12-10-8-6-4-2)36-112-123(105,106)122-73-71(120-78-69(103)57(91)51(85)43(34-81)115-78)63(97)62(96)64(98)72(73)121-79-70(104)61(95)55(89)47(119-79)40-111-77-68(102)60(94)54(88)46(118-77)39-110-76-67(101)59(93)53(87)45(117-76)38-109-75-66(100)58(92)52(86)44(116-75)37-108-74-65(99)56(90)50(84)42(33-80)114-74/h41-47,50-81,84-104H,3-40H2,1-2H3,(H,105,106)/t41-,42?,43?,44?,45?,46?,47?,50+,51-,52+,53+,54+,55+,56?,57?,58?,59?,60?,61?,62+,63?,64?,65+,66+,67+,68+,69-,70+,71-,72?,73+,74-,75-,76-,77-,78-,79+/m1/s1. The third-order valence-corrected chi connectivity index (χ3v) is 24.5. The number of phosphoric ester groups is 1. The minimum Gasteiger partial charge on any atom is -0.462 e. The van der Waals surface area contributed by atoms with E-state index in [1.165, 1.54) is 89.9 Å². The fourth-order valence-corrected chi connectivity index (χ4v) is 16.7. The molecule has 123 heavy (non-hydrogen) atoms. The lowest BCUT2D eigenvalue weighted by Crippen LogP contribution is -2.69. The molecule has 0 radical (unpaired) electrons. The van der Waals surface area contributed by atoms with E-state index in [1.54, 1.807) is 0 Å². The van der Waals surface area contributed by atoms with Crippen molar-refractivity contribution in [2.45, 2.75) is 433 Å². The Morgan fingerprint density at radius 3 is 0.837 bits per heavy atom. The van der Waals surface area contributed by atoms with Crippen LogP contribution in [0.5, 0.6) is 0 Å². The Balaban J connectivity index is 0.999. The van der Waals surface area contributed by atoms with Gasteiger partial charge < -0.3 is 189 Å². The Morgan fingerprint density at radius 1 is 0.293 bits per heavy atom. The summed E-state index contributed by atoms with van der Waals surface area (Å²) < 4.78 is 104. The smallest absolute Gasteiger partial charge is 0.462 e. The molecule has 38 atom stereocenters. The number of aliphatic hydroxyl groups excluding tert-OH is 23. The predicted octanol–water partition coefficient (Wildman–Crippen LogP) is -4.55. The number of carbonyl (C=O) groups is 2. The van der Waals surface area contributed by atoms with Crippen molar-refractivity contribution in [1.29, 1.82) is 0 Å². The van der Waals surface area contributed by atoms with Gasteiger partial charge in [0.15, 0.2) is 43.8 Å². The van der Waals surface area contributed by atoms with Crippen LogP contribution in [0.4, 0.5) is 0 Å². The molecule has 0 amide bonds. The first-order chi connectivity index (χ1) is 58.7. The molecule has 7 fully saturated rings. The van der Waals surface area contributed by atoms with Crippen molar-refractivity contribution < 1.29 is 212 Å². The van der Waals surface area contributed by atoms with Gasteiger partial charge in [-0.1, -0.05) is 181 Å².